The molecule has 1 aliphatic heterocycles. The Bertz CT molecular complexity index is 1180. The van der Waals surface area contributed by atoms with Crippen molar-refractivity contribution in [2.75, 3.05) is 13.1 Å². The topological polar surface area (TPSA) is 89.5 Å². The number of hydrogen-bond acceptors (Lipinski definition) is 6. The van der Waals surface area contributed by atoms with Crippen molar-refractivity contribution in [3.8, 4) is 0 Å². The third-order valence-electron chi connectivity index (χ3n) is 5.57. The maximum atomic E-state index is 12.6. The summed E-state index contributed by atoms with van der Waals surface area (Å²) in [5.74, 6) is 1.30. The van der Waals surface area contributed by atoms with E-state index >= 15 is 0 Å². The summed E-state index contributed by atoms with van der Waals surface area (Å²) in [6.07, 6.45) is 5.05. The van der Waals surface area contributed by atoms with Crippen LogP contribution in [-0.2, 0) is 27.2 Å². The molecule has 0 saturated carbocycles. The van der Waals surface area contributed by atoms with Crippen LogP contribution in [0.3, 0.4) is 0 Å². The van der Waals surface area contributed by atoms with Crippen LogP contribution in [0.5, 0.6) is 0 Å². The zero-order chi connectivity index (χ0) is 21.3. The van der Waals surface area contributed by atoms with E-state index in [0.717, 1.165) is 41.3 Å². The lowest BCUT2D eigenvalue weighted by molar-refractivity contribution is 0.0951. The zero-order valence-corrected chi connectivity index (χ0v) is 18.1. The van der Waals surface area contributed by atoms with E-state index in [1.807, 2.05) is 12.1 Å². The normalized spacial score (nSPS) is 15.4. The van der Waals surface area contributed by atoms with Crippen LogP contribution in [0, 0.1) is 0 Å². The van der Waals surface area contributed by atoms with Gasteiger partial charge in [0.2, 0.25) is 0 Å². The molecule has 1 amide bonds. The molecule has 0 spiro atoms. The second-order valence-electron chi connectivity index (χ2n) is 7.78. The van der Waals surface area contributed by atoms with Gasteiger partial charge >= 0.3 is 5.69 Å². The number of furan rings is 1. The first-order valence-electron chi connectivity index (χ1n) is 10.2. The number of thiophene rings is 1. The standard InChI is InChI=1S/C21H26N4O4S/c1-23-19(27)16-11-17(30-20(16)24(2)21(23)28)18(26)22-12-14-7-8-15(29-14)13-25-9-5-3-4-6-10-25/h7-8,11H,3-6,9-10,12-13H2,1-2H3,(H,22,26). The van der Waals surface area contributed by atoms with Gasteiger partial charge in [-0.25, -0.2) is 4.79 Å². The molecule has 0 bridgehead atoms. The van der Waals surface area contributed by atoms with Crippen LogP contribution in [0.15, 0.2) is 32.2 Å². The summed E-state index contributed by atoms with van der Waals surface area (Å²) in [6.45, 7) is 3.26. The van der Waals surface area contributed by atoms with Gasteiger partial charge in [0.25, 0.3) is 11.5 Å². The van der Waals surface area contributed by atoms with E-state index in [9.17, 15) is 14.4 Å². The lowest BCUT2D eigenvalue weighted by Gasteiger charge is -2.17. The highest BCUT2D eigenvalue weighted by Crippen LogP contribution is 2.22. The summed E-state index contributed by atoms with van der Waals surface area (Å²) in [7, 11) is 3.03. The third kappa shape index (κ3) is 4.13. The van der Waals surface area contributed by atoms with Crippen LogP contribution in [0.1, 0.15) is 46.9 Å². The molecule has 1 fully saturated rings. The summed E-state index contributed by atoms with van der Waals surface area (Å²) in [5.41, 5.74) is -0.804. The summed E-state index contributed by atoms with van der Waals surface area (Å²) in [4.78, 5) is 40.3. The van der Waals surface area contributed by atoms with E-state index in [1.54, 1.807) is 13.1 Å². The SMILES string of the molecule is Cn1c(=O)c2cc(C(=O)NCc3ccc(CN4CCCCCC4)o3)sc2n(C)c1=O. The lowest BCUT2D eigenvalue weighted by atomic mass is 10.2. The molecule has 4 rings (SSSR count). The molecular formula is C21H26N4O4S. The van der Waals surface area contributed by atoms with E-state index < -0.39 is 11.2 Å². The molecule has 3 aromatic rings. The van der Waals surface area contributed by atoms with Gasteiger partial charge in [-0.15, -0.1) is 11.3 Å². The van der Waals surface area contributed by atoms with Crippen molar-refractivity contribution in [1.82, 2.24) is 19.4 Å². The quantitative estimate of drug-likeness (QED) is 0.670. The molecule has 8 nitrogen and oxygen atoms in total. The van der Waals surface area contributed by atoms with E-state index in [0.29, 0.717) is 20.9 Å². The predicted octanol–water partition coefficient (Wildman–Crippen LogP) is 2.20. The molecular weight excluding hydrogens is 404 g/mol. The van der Waals surface area contributed by atoms with Crippen molar-refractivity contribution in [2.24, 2.45) is 14.1 Å². The number of carbonyl (C=O) groups is 1. The molecule has 1 saturated heterocycles. The molecule has 160 valence electrons. The van der Waals surface area contributed by atoms with Crippen LogP contribution in [0.4, 0.5) is 0 Å². The van der Waals surface area contributed by atoms with Gasteiger partial charge in [0.05, 0.1) is 23.4 Å². The first-order chi connectivity index (χ1) is 14.4. The molecule has 3 aromatic heterocycles. The van der Waals surface area contributed by atoms with Crippen LogP contribution >= 0.6 is 11.3 Å². The van der Waals surface area contributed by atoms with Crippen molar-refractivity contribution >= 4 is 27.5 Å². The van der Waals surface area contributed by atoms with E-state index in [1.165, 1.54) is 37.3 Å². The van der Waals surface area contributed by atoms with Gasteiger partial charge in [-0.05, 0) is 44.1 Å². The Labute approximate surface area is 177 Å². The number of carbonyl (C=O) groups excluding carboxylic acids is 1. The van der Waals surface area contributed by atoms with Crippen molar-refractivity contribution in [3.63, 3.8) is 0 Å². The third-order valence-corrected chi connectivity index (χ3v) is 6.78. The number of nitrogens with one attached hydrogen (secondary N) is 1. The monoisotopic (exact) mass is 430 g/mol. The number of fused-ring (bicyclic) bond motifs is 1. The van der Waals surface area contributed by atoms with Crippen LogP contribution in [-0.4, -0.2) is 33.0 Å². The average molecular weight is 431 g/mol. The molecule has 30 heavy (non-hydrogen) atoms. The fraction of sp³-hybridized carbons (Fsp3) is 0.476. The van der Waals surface area contributed by atoms with Gasteiger partial charge < -0.3 is 9.73 Å². The Hall–Kier alpha value is -2.65. The molecule has 0 atom stereocenters. The summed E-state index contributed by atoms with van der Waals surface area (Å²) in [6, 6.07) is 5.40. The van der Waals surface area contributed by atoms with Crippen LogP contribution in [0.2, 0.25) is 0 Å². The molecule has 0 aliphatic carbocycles. The number of aryl methyl sites for hydroxylation is 1. The van der Waals surface area contributed by atoms with E-state index in [-0.39, 0.29) is 12.5 Å². The van der Waals surface area contributed by atoms with Gasteiger partial charge in [-0.1, -0.05) is 12.8 Å². The highest BCUT2D eigenvalue weighted by molar-refractivity contribution is 7.20. The Morgan fingerprint density at radius 1 is 1.07 bits per heavy atom. The summed E-state index contributed by atoms with van der Waals surface area (Å²) < 4.78 is 8.33. The number of rotatable bonds is 5. The first kappa shape index (κ1) is 20.6. The van der Waals surface area contributed by atoms with Crippen molar-refractivity contribution in [2.45, 2.75) is 38.8 Å². The van der Waals surface area contributed by atoms with Gasteiger partial charge in [0, 0.05) is 14.1 Å². The molecule has 0 aromatic carbocycles. The van der Waals surface area contributed by atoms with Gasteiger partial charge in [-0.2, -0.15) is 0 Å². The summed E-state index contributed by atoms with van der Waals surface area (Å²) in [5, 5.41) is 3.21. The minimum absolute atomic E-state index is 0.268. The maximum absolute atomic E-state index is 12.6. The lowest BCUT2D eigenvalue weighted by Crippen LogP contribution is -2.36. The molecule has 1 aliphatic rings. The Morgan fingerprint density at radius 3 is 2.50 bits per heavy atom. The molecule has 0 unspecified atom stereocenters. The fourth-order valence-electron chi connectivity index (χ4n) is 3.85. The van der Waals surface area contributed by atoms with Gasteiger partial charge in [0.15, 0.2) is 0 Å². The minimum atomic E-state index is -0.408. The number of aromatic nitrogens is 2. The van der Waals surface area contributed by atoms with Crippen molar-refractivity contribution in [1.29, 1.82) is 0 Å². The van der Waals surface area contributed by atoms with E-state index in [4.69, 9.17) is 4.42 Å². The van der Waals surface area contributed by atoms with E-state index in [2.05, 4.69) is 10.2 Å². The summed E-state index contributed by atoms with van der Waals surface area (Å²) >= 11 is 1.13. The Morgan fingerprint density at radius 2 is 1.77 bits per heavy atom. The minimum Gasteiger partial charge on any atom is -0.463 e. The largest absolute Gasteiger partial charge is 0.463 e. The number of amides is 1. The number of likely N-dealkylation sites (tertiary alicyclic amines) is 1. The Kier molecular flexibility index (Phi) is 5.92. The first-order valence-corrected chi connectivity index (χ1v) is 11.0. The average Bonchev–Trinajstić information content (AvgIpc) is 3.30. The zero-order valence-electron chi connectivity index (χ0n) is 17.3. The van der Waals surface area contributed by atoms with Gasteiger partial charge in [0.1, 0.15) is 16.4 Å². The molecule has 4 heterocycles. The molecule has 9 heteroatoms. The second kappa shape index (κ2) is 8.61. The van der Waals surface area contributed by atoms with Crippen molar-refractivity contribution < 1.29 is 9.21 Å². The van der Waals surface area contributed by atoms with Crippen LogP contribution in [0.25, 0.3) is 10.2 Å². The fourth-order valence-corrected chi connectivity index (χ4v) is 4.87. The van der Waals surface area contributed by atoms with Crippen molar-refractivity contribution in [3.05, 3.63) is 55.4 Å². The maximum Gasteiger partial charge on any atom is 0.331 e. The van der Waals surface area contributed by atoms with Crippen LogP contribution < -0.4 is 16.6 Å². The smallest absolute Gasteiger partial charge is 0.331 e. The predicted molar refractivity (Wildman–Crippen MR) is 116 cm³/mol. The molecule has 1 N–H and O–H groups in total. The second-order valence-corrected chi connectivity index (χ2v) is 8.81. The number of nitrogens with zero attached hydrogens (tertiary/aromatic N) is 3. The highest BCUT2D eigenvalue weighted by Gasteiger charge is 2.17. The number of hydrogen-bond donors (Lipinski definition) is 1. The highest BCUT2D eigenvalue weighted by atomic mass is 32.1. The Balaban J connectivity index is 1.42. The van der Waals surface area contributed by atoms with Gasteiger partial charge in [-0.3, -0.25) is 23.6 Å². The molecule has 0 radical (unpaired) electrons.